The Morgan fingerprint density at radius 3 is 2.63 bits per heavy atom. The molecule has 7 heteroatoms. The van der Waals surface area contributed by atoms with Gasteiger partial charge in [-0.3, -0.25) is 0 Å². The molecule has 1 heterocycles. The van der Waals surface area contributed by atoms with Crippen molar-refractivity contribution in [3.63, 3.8) is 0 Å². The van der Waals surface area contributed by atoms with Crippen LogP contribution >= 0.6 is 15.9 Å². The number of hydrogen-bond acceptors (Lipinski definition) is 4. The van der Waals surface area contributed by atoms with Crippen molar-refractivity contribution in [1.29, 1.82) is 0 Å². The van der Waals surface area contributed by atoms with Crippen LogP contribution in [0.1, 0.15) is 25.7 Å². The van der Waals surface area contributed by atoms with Crippen LogP contribution in [0.4, 0.5) is 8.78 Å². The smallest absolute Gasteiger partial charge is 0.231 e. The lowest BCUT2D eigenvalue weighted by Gasteiger charge is -2.09. The number of hydrogen-bond donors (Lipinski definition) is 1. The molecule has 0 aliphatic carbocycles. The Hall–Kier alpha value is -1.34. The van der Waals surface area contributed by atoms with Crippen LogP contribution in [0.3, 0.4) is 0 Å². The van der Waals surface area contributed by atoms with E-state index in [1.807, 2.05) is 13.8 Å². The van der Waals surface area contributed by atoms with Gasteiger partial charge < -0.3 is 10.3 Å². The minimum atomic E-state index is -0.982. The normalized spacial score (nSPS) is 14.4. The largest absolute Gasteiger partial charge is 0.339 e. The van der Waals surface area contributed by atoms with Crippen LogP contribution < -0.4 is 5.73 Å². The lowest BCUT2D eigenvalue weighted by Crippen LogP contribution is -2.22. The van der Waals surface area contributed by atoms with Gasteiger partial charge >= 0.3 is 0 Å². The average Bonchev–Trinajstić information content (AvgIpc) is 2.84. The Balaban J connectivity index is 2.41. The first-order valence-electron chi connectivity index (χ1n) is 5.65. The van der Waals surface area contributed by atoms with Gasteiger partial charge in [0.25, 0.3) is 0 Å². The van der Waals surface area contributed by atoms with Gasteiger partial charge in [-0.1, -0.05) is 12.1 Å². The fraction of sp³-hybridized carbons (Fsp3) is 0.333. The molecule has 0 saturated carbocycles. The van der Waals surface area contributed by atoms with Gasteiger partial charge in [0.15, 0.2) is 11.6 Å². The second kappa shape index (κ2) is 5.34. The molecule has 2 N–H and O–H groups in total. The van der Waals surface area contributed by atoms with Gasteiger partial charge in [-0.05, 0) is 35.0 Å². The van der Waals surface area contributed by atoms with E-state index in [0.29, 0.717) is 11.5 Å². The van der Waals surface area contributed by atoms with E-state index >= 15 is 0 Å². The van der Waals surface area contributed by atoms with Gasteiger partial charge in [-0.15, -0.1) is 0 Å². The molecule has 0 saturated heterocycles. The third-order valence-electron chi connectivity index (χ3n) is 2.90. The summed E-state index contributed by atoms with van der Waals surface area (Å²) in [6.07, 6.45) is 0. The van der Waals surface area contributed by atoms with Crippen LogP contribution in [0.25, 0.3) is 11.4 Å². The first kappa shape index (κ1) is 14.1. The van der Waals surface area contributed by atoms with Crippen molar-refractivity contribution in [3.05, 3.63) is 34.1 Å². The summed E-state index contributed by atoms with van der Waals surface area (Å²) in [5, 5.41) is 3.76. The lowest BCUT2D eigenvalue weighted by molar-refractivity contribution is 0.346. The number of halogens is 3. The van der Waals surface area contributed by atoms with E-state index in [4.69, 9.17) is 10.3 Å². The molecule has 102 valence electrons. The highest BCUT2D eigenvalue weighted by Gasteiger charge is 2.21. The fourth-order valence-electron chi connectivity index (χ4n) is 1.45. The monoisotopic (exact) mass is 331 g/mol. The Kier molecular flexibility index (Phi) is 3.96. The zero-order valence-electron chi connectivity index (χ0n) is 10.3. The number of benzene rings is 1. The molecule has 2 unspecified atom stereocenters. The summed E-state index contributed by atoms with van der Waals surface area (Å²) in [7, 11) is 0. The van der Waals surface area contributed by atoms with E-state index in [0.717, 1.165) is 6.07 Å². The Labute approximate surface area is 117 Å². The second-order valence-corrected chi connectivity index (χ2v) is 5.12. The van der Waals surface area contributed by atoms with Crippen LogP contribution in [0.2, 0.25) is 0 Å². The van der Waals surface area contributed by atoms with Crippen LogP contribution in [0.15, 0.2) is 21.1 Å². The predicted octanol–water partition coefficient (Wildman–Crippen LogP) is 3.23. The van der Waals surface area contributed by atoms with Gasteiger partial charge in [-0.25, -0.2) is 8.78 Å². The van der Waals surface area contributed by atoms with Gasteiger partial charge in [0.05, 0.1) is 10.4 Å². The molecular formula is C12H12BrF2N3O. The maximum atomic E-state index is 13.4. The highest BCUT2D eigenvalue weighted by atomic mass is 79.9. The number of rotatable bonds is 3. The molecule has 0 amide bonds. The van der Waals surface area contributed by atoms with Crippen LogP contribution in [-0.2, 0) is 0 Å². The summed E-state index contributed by atoms with van der Waals surface area (Å²) < 4.78 is 31.5. The summed E-state index contributed by atoms with van der Waals surface area (Å²) in [6.45, 7) is 3.67. The van der Waals surface area contributed by atoms with Crippen LogP contribution in [0.5, 0.6) is 0 Å². The van der Waals surface area contributed by atoms with Gasteiger partial charge in [0.2, 0.25) is 11.7 Å². The summed E-state index contributed by atoms with van der Waals surface area (Å²) in [5.41, 5.74) is 6.07. The summed E-state index contributed by atoms with van der Waals surface area (Å²) in [6, 6.07) is 2.25. The van der Waals surface area contributed by atoms with Crippen molar-refractivity contribution in [1.82, 2.24) is 10.1 Å². The van der Waals surface area contributed by atoms with E-state index < -0.39 is 11.6 Å². The van der Waals surface area contributed by atoms with E-state index in [1.54, 1.807) is 0 Å². The van der Waals surface area contributed by atoms with Crippen molar-refractivity contribution in [2.45, 2.75) is 25.8 Å². The van der Waals surface area contributed by atoms with Crippen molar-refractivity contribution in [2.24, 2.45) is 5.73 Å². The van der Waals surface area contributed by atoms with Gasteiger partial charge in [0.1, 0.15) is 0 Å². The molecule has 19 heavy (non-hydrogen) atoms. The third-order valence-corrected chi connectivity index (χ3v) is 3.67. The summed E-state index contributed by atoms with van der Waals surface area (Å²) >= 11 is 2.98. The van der Waals surface area contributed by atoms with Gasteiger partial charge in [-0.2, -0.15) is 4.98 Å². The molecule has 1 aromatic carbocycles. The number of nitrogens with zero attached hydrogens (tertiary/aromatic N) is 2. The lowest BCUT2D eigenvalue weighted by atomic mass is 10.1. The maximum absolute atomic E-state index is 13.4. The fourth-order valence-corrected chi connectivity index (χ4v) is 1.95. The second-order valence-electron chi connectivity index (χ2n) is 4.33. The van der Waals surface area contributed by atoms with Crippen molar-refractivity contribution < 1.29 is 13.3 Å². The average molecular weight is 332 g/mol. The minimum Gasteiger partial charge on any atom is -0.339 e. The molecule has 0 bridgehead atoms. The quantitative estimate of drug-likeness (QED) is 0.877. The Morgan fingerprint density at radius 1 is 1.32 bits per heavy atom. The topological polar surface area (TPSA) is 64.9 Å². The molecule has 4 nitrogen and oxygen atoms in total. The zero-order valence-corrected chi connectivity index (χ0v) is 11.9. The highest BCUT2D eigenvalue weighted by Crippen LogP contribution is 2.30. The summed E-state index contributed by atoms with van der Waals surface area (Å²) in [4.78, 5) is 4.16. The number of aromatic nitrogens is 2. The van der Waals surface area contributed by atoms with Crippen LogP contribution in [-0.4, -0.2) is 16.2 Å². The maximum Gasteiger partial charge on any atom is 0.231 e. The highest BCUT2D eigenvalue weighted by molar-refractivity contribution is 9.10. The SMILES string of the molecule is CC(N)C(C)c1nc(-c2ccc(F)c(F)c2Br)no1. The van der Waals surface area contributed by atoms with E-state index in [-0.39, 0.29) is 22.3 Å². The molecule has 0 fully saturated rings. The van der Waals surface area contributed by atoms with E-state index in [9.17, 15) is 8.78 Å². The Morgan fingerprint density at radius 2 is 2.00 bits per heavy atom. The predicted molar refractivity (Wildman–Crippen MR) is 69.4 cm³/mol. The van der Waals surface area contributed by atoms with E-state index in [1.165, 1.54) is 6.07 Å². The standard InChI is InChI=1S/C12H12BrF2N3O/c1-5(6(2)16)12-17-11(18-19-12)7-3-4-8(14)10(15)9(7)13/h3-6H,16H2,1-2H3. The first-order valence-corrected chi connectivity index (χ1v) is 6.44. The number of nitrogens with two attached hydrogens (primary N) is 1. The molecule has 2 aromatic rings. The van der Waals surface area contributed by atoms with E-state index in [2.05, 4.69) is 26.1 Å². The molecular weight excluding hydrogens is 320 g/mol. The molecule has 0 spiro atoms. The minimum absolute atomic E-state index is 0.0340. The van der Waals surface area contributed by atoms with Crippen molar-refractivity contribution >= 4 is 15.9 Å². The van der Waals surface area contributed by atoms with Gasteiger partial charge in [0, 0.05) is 11.6 Å². The molecule has 2 atom stereocenters. The van der Waals surface area contributed by atoms with Crippen molar-refractivity contribution in [2.75, 3.05) is 0 Å². The molecule has 0 aliphatic rings. The van der Waals surface area contributed by atoms with Crippen LogP contribution in [0, 0.1) is 11.6 Å². The Bertz CT molecular complexity index is 601. The zero-order chi connectivity index (χ0) is 14.2. The third kappa shape index (κ3) is 2.66. The molecule has 2 rings (SSSR count). The molecule has 0 radical (unpaired) electrons. The molecule has 0 aliphatic heterocycles. The first-order chi connectivity index (χ1) is 8.91. The van der Waals surface area contributed by atoms with Crippen molar-refractivity contribution in [3.8, 4) is 11.4 Å². The molecule has 1 aromatic heterocycles. The summed E-state index contributed by atoms with van der Waals surface area (Å²) in [5.74, 6) is -1.49.